The summed E-state index contributed by atoms with van der Waals surface area (Å²) in [5, 5.41) is 12.0. The number of aliphatic imine (C=N–C) groups is 1. The van der Waals surface area contributed by atoms with Crippen molar-refractivity contribution in [2.75, 3.05) is 6.54 Å². The molecule has 4 aliphatic carbocycles. The van der Waals surface area contributed by atoms with Gasteiger partial charge in [0.2, 0.25) is 5.91 Å². The molecule has 51 heavy (non-hydrogen) atoms. The number of hydrogen-bond acceptors (Lipinski definition) is 8. The molecule has 12 heteroatoms. The largest absolute Gasteiger partial charge is 0.480 e. The number of rotatable bonds is 16. The van der Waals surface area contributed by atoms with Crippen molar-refractivity contribution in [3.8, 4) is 0 Å². The minimum absolute atomic E-state index is 0.00710. The van der Waals surface area contributed by atoms with Gasteiger partial charge in [0.15, 0.2) is 5.96 Å². The van der Waals surface area contributed by atoms with Crippen LogP contribution in [0.5, 0.6) is 0 Å². The molecule has 6 rings (SSSR count). The van der Waals surface area contributed by atoms with Crippen LogP contribution in [0.3, 0.4) is 0 Å². The van der Waals surface area contributed by atoms with Crippen LogP contribution in [0, 0.1) is 28.6 Å². The number of carbonyl (C=O) groups excluding carboxylic acids is 2. The number of nitrogens with one attached hydrogen (secondary N) is 1. The van der Waals surface area contributed by atoms with Crippen LogP contribution in [-0.4, -0.2) is 59.3 Å². The topological polar surface area (TPSA) is 200 Å². The van der Waals surface area contributed by atoms with Crippen molar-refractivity contribution in [2.45, 2.75) is 153 Å². The number of unbranched alkanes of at least 4 members (excludes halogenated alkanes) is 4. The number of hydrogen-bond donors (Lipinski definition) is 4. The number of ether oxygens (including phenoxy) is 2. The molecule has 1 saturated heterocycles. The van der Waals surface area contributed by atoms with Crippen molar-refractivity contribution in [1.29, 1.82) is 0 Å². The SMILES string of the molecule is C[C@]12CC[C@H](OC(=O)CCCCCCCC(=O)N[C@@H](CCCN=C(N)N)C(=O)O)C[C@H]1CC[C@@H]1[C@@H]2CC[C@]2(C)[C@@H](c3ccc(=O)oc3)C[C@H]3O[C@]132. The zero-order valence-electron chi connectivity index (χ0n) is 30.4. The number of nitrogens with two attached hydrogens (primary N) is 2. The number of nitrogens with zero attached hydrogens (tertiary/aromatic N) is 1. The van der Waals surface area contributed by atoms with Crippen LogP contribution >= 0.6 is 0 Å². The fourth-order valence-electron chi connectivity index (χ4n) is 11.2. The van der Waals surface area contributed by atoms with Gasteiger partial charge in [-0.25, -0.2) is 9.59 Å². The highest BCUT2D eigenvalue weighted by Crippen LogP contribution is 2.78. The van der Waals surface area contributed by atoms with E-state index in [9.17, 15) is 24.3 Å². The van der Waals surface area contributed by atoms with Crippen molar-refractivity contribution in [3.05, 3.63) is 34.4 Å². The van der Waals surface area contributed by atoms with Crippen molar-refractivity contribution >= 4 is 23.8 Å². The molecule has 5 fully saturated rings. The lowest BCUT2D eigenvalue weighted by molar-refractivity contribution is -0.164. The fourth-order valence-corrected chi connectivity index (χ4v) is 11.2. The van der Waals surface area contributed by atoms with Crippen molar-refractivity contribution < 1.29 is 33.4 Å². The van der Waals surface area contributed by atoms with Gasteiger partial charge in [0.05, 0.1) is 12.4 Å². The molecule has 5 aliphatic rings. The lowest BCUT2D eigenvalue weighted by Crippen LogP contribution is -2.58. The lowest BCUT2D eigenvalue weighted by Gasteiger charge is -2.61. The van der Waals surface area contributed by atoms with Crippen LogP contribution in [0.4, 0.5) is 0 Å². The van der Waals surface area contributed by atoms with Crippen LogP contribution in [0.25, 0.3) is 0 Å². The number of esters is 1. The molecule has 1 aliphatic heterocycles. The summed E-state index contributed by atoms with van der Waals surface area (Å²) in [6.45, 7) is 5.25. The number of epoxide rings is 1. The summed E-state index contributed by atoms with van der Waals surface area (Å²) in [5.41, 5.74) is 11.6. The van der Waals surface area contributed by atoms with Crippen molar-refractivity contribution in [3.63, 3.8) is 0 Å². The third-order valence-corrected chi connectivity index (χ3v) is 13.8. The Labute approximate surface area is 300 Å². The van der Waals surface area contributed by atoms with E-state index < -0.39 is 12.0 Å². The van der Waals surface area contributed by atoms with Crippen molar-refractivity contribution in [1.82, 2.24) is 5.32 Å². The number of aliphatic carboxylic acids is 1. The van der Waals surface area contributed by atoms with E-state index in [0.29, 0.717) is 55.6 Å². The Morgan fingerprint density at radius 1 is 0.980 bits per heavy atom. The van der Waals surface area contributed by atoms with Crippen LogP contribution in [-0.2, 0) is 23.9 Å². The number of carboxylic acid groups (broad SMARTS) is 1. The molecule has 1 spiro atoms. The first-order valence-electron chi connectivity index (χ1n) is 19.4. The van der Waals surface area contributed by atoms with Crippen LogP contribution in [0.15, 0.2) is 32.6 Å². The van der Waals surface area contributed by atoms with Gasteiger partial charge < -0.3 is 35.8 Å². The smallest absolute Gasteiger partial charge is 0.335 e. The Balaban J connectivity index is 0.885. The molecular weight excluding hydrogens is 652 g/mol. The van der Waals surface area contributed by atoms with E-state index in [1.807, 2.05) is 6.07 Å². The third kappa shape index (κ3) is 7.57. The molecule has 0 aromatic carbocycles. The third-order valence-electron chi connectivity index (χ3n) is 13.8. The predicted octanol–water partition coefficient (Wildman–Crippen LogP) is 5.16. The van der Waals surface area contributed by atoms with E-state index in [1.54, 1.807) is 12.3 Å². The van der Waals surface area contributed by atoms with Gasteiger partial charge in [-0.2, -0.15) is 0 Å². The number of guanidine groups is 1. The molecule has 1 aromatic rings. The highest BCUT2D eigenvalue weighted by atomic mass is 16.6. The zero-order chi connectivity index (χ0) is 36.4. The van der Waals surface area contributed by atoms with Gasteiger partial charge in [0, 0.05) is 30.9 Å². The maximum atomic E-state index is 12.8. The predicted molar refractivity (Wildman–Crippen MR) is 191 cm³/mol. The first-order valence-corrected chi connectivity index (χ1v) is 19.4. The molecule has 4 saturated carbocycles. The van der Waals surface area contributed by atoms with Crippen molar-refractivity contribution in [2.24, 2.45) is 45.0 Å². The van der Waals surface area contributed by atoms with E-state index in [2.05, 4.69) is 24.2 Å². The van der Waals surface area contributed by atoms with Crippen LogP contribution in [0.2, 0.25) is 0 Å². The molecule has 10 atom stereocenters. The molecule has 12 nitrogen and oxygen atoms in total. The van der Waals surface area contributed by atoms with Gasteiger partial charge in [-0.15, -0.1) is 0 Å². The number of carboxylic acids is 1. The van der Waals surface area contributed by atoms with Gasteiger partial charge in [-0.3, -0.25) is 14.6 Å². The second-order valence-corrected chi connectivity index (χ2v) is 16.6. The van der Waals surface area contributed by atoms with E-state index >= 15 is 0 Å². The Hall–Kier alpha value is -3.41. The Morgan fingerprint density at radius 3 is 2.47 bits per heavy atom. The summed E-state index contributed by atoms with van der Waals surface area (Å²) >= 11 is 0. The fraction of sp³-hybridized carbons (Fsp3) is 0.769. The average Bonchev–Trinajstić information content (AvgIpc) is 3.75. The Kier molecular flexibility index (Phi) is 11.2. The molecule has 1 aromatic heterocycles. The monoisotopic (exact) mass is 710 g/mol. The first-order chi connectivity index (χ1) is 24.4. The Morgan fingerprint density at radius 2 is 1.75 bits per heavy atom. The molecular formula is C39H58N4O8. The molecule has 6 N–H and O–H groups in total. The lowest BCUT2D eigenvalue weighted by atomic mass is 9.44. The minimum atomic E-state index is -1.07. The van der Waals surface area contributed by atoms with Gasteiger partial charge in [0.1, 0.15) is 17.7 Å². The summed E-state index contributed by atoms with van der Waals surface area (Å²) in [7, 11) is 0. The zero-order valence-corrected chi connectivity index (χ0v) is 30.4. The number of carbonyl (C=O) groups is 3. The summed E-state index contributed by atoms with van der Waals surface area (Å²) in [6, 6.07) is 2.56. The summed E-state index contributed by atoms with van der Waals surface area (Å²) in [4.78, 5) is 52.1. The van der Waals surface area contributed by atoms with Gasteiger partial charge in [-0.1, -0.05) is 33.1 Å². The number of amides is 1. The standard InChI is InChI=1S/C39H58N4O8/c1-37-18-16-26(50-34(46)11-7-5-3-4-6-10-32(44)43-30(35(47)48)9-8-20-42-36(40)41)21-25(37)13-14-28-27(37)17-19-38(2)29(22-31-39(28,38)51-31)24-12-15-33(45)49-23-24/h12,15,23,25-31H,3-11,13-14,16-22H2,1-2H3,(H,43,44)(H,47,48)(H4,40,41,42)/t25-,26+,27+,28-,29-,30+,31-,37+,38-,39-/m1/s1. The second-order valence-electron chi connectivity index (χ2n) is 16.6. The summed E-state index contributed by atoms with van der Waals surface area (Å²) in [6.07, 6.45) is 16.0. The quantitative estimate of drug-likeness (QED) is 0.0584. The van der Waals surface area contributed by atoms with Gasteiger partial charge >= 0.3 is 17.6 Å². The van der Waals surface area contributed by atoms with E-state index in [0.717, 1.165) is 76.2 Å². The summed E-state index contributed by atoms with van der Waals surface area (Å²) in [5.74, 6) is 0.578. The number of fused-ring (bicyclic) bond motifs is 3. The maximum Gasteiger partial charge on any atom is 0.335 e. The molecule has 282 valence electrons. The van der Waals surface area contributed by atoms with E-state index in [1.165, 1.54) is 6.42 Å². The Bertz CT molecular complexity index is 1510. The molecule has 2 heterocycles. The highest BCUT2D eigenvalue weighted by molar-refractivity contribution is 5.83. The maximum absolute atomic E-state index is 12.8. The second kappa shape index (κ2) is 15.3. The van der Waals surface area contributed by atoms with Crippen LogP contribution < -0.4 is 22.4 Å². The van der Waals surface area contributed by atoms with E-state index in [-0.39, 0.29) is 58.8 Å². The minimum Gasteiger partial charge on any atom is -0.480 e. The van der Waals surface area contributed by atoms with Crippen LogP contribution in [0.1, 0.15) is 134 Å². The average molecular weight is 711 g/mol. The van der Waals surface area contributed by atoms with Gasteiger partial charge in [0.25, 0.3) is 0 Å². The normalized spacial score (nSPS) is 35.3. The molecule has 1 amide bonds. The molecule has 0 bridgehead atoms. The first kappa shape index (κ1) is 37.4. The highest BCUT2D eigenvalue weighted by Gasteiger charge is 2.80. The molecule has 0 unspecified atom stereocenters. The van der Waals surface area contributed by atoms with Gasteiger partial charge in [-0.05, 0) is 118 Å². The molecule has 0 radical (unpaired) electrons. The van der Waals surface area contributed by atoms with E-state index in [4.69, 9.17) is 25.4 Å². The summed E-state index contributed by atoms with van der Waals surface area (Å²) < 4.78 is 18.0.